The molecule has 0 bridgehead atoms. The van der Waals surface area contributed by atoms with Gasteiger partial charge >= 0.3 is 0 Å². The molecule has 1 rings (SSSR count). The van der Waals surface area contributed by atoms with Gasteiger partial charge in [0.15, 0.2) is 0 Å². The summed E-state index contributed by atoms with van der Waals surface area (Å²) in [5.74, 6) is 0. The summed E-state index contributed by atoms with van der Waals surface area (Å²) in [5, 5.41) is 10.4. The summed E-state index contributed by atoms with van der Waals surface area (Å²) in [4.78, 5) is 10.1. The van der Waals surface area contributed by atoms with Crippen LogP contribution in [0.3, 0.4) is 0 Å². The van der Waals surface area contributed by atoms with E-state index in [-0.39, 0.29) is 10.6 Å². The van der Waals surface area contributed by atoms with Crippen molar-refractivity contribution in [3.05, 3.63) is 39.9 Å². The van der Waals surface area contributed by atoms with Crippen LogP contribution in [0.25, 0.3) is 0 Å². The van der Waals surface area contributed by atoms with Crippen LogP contribution in [-0.4, -0.2) is 11.0 Å². The van der Waals surface area contributed by atoms with Gasteiger partial charge in [-0.15, -0.1) is 0 Å². The van der Waals surface area contributed by atoms with E-state index < -0.39 is 0 Å². The number of benzene rings is 1. The second-order valence-corrected chi connectivity index (χ2v) is 4.27. The van der Waals surface area contributed by atoms with Gasteiger partial charge in [-0.3, -0.25) is 10.1 Å². The van der Waals surface area contributed by atoms with E-state index in [9.17, 15) is 10.1 Å². The monoisotopic (exact) mass is 238 g/mol. The van der Waals surface area contributed by atoms with Crippen LogP contribution in [0.2, 0.25) is 0 Å². The van der Waals surface area contributed by atoms with Crippen molar-refractivity contribution in [2.75, 3.05) is 0 Å². The Balaban J connectivity index is 0.000000557. The first-order valence-electron chi connectivity index (χ1n) is 5.96. The van der Waals surface area contributed by atoms with Gasteiger partial charge in [-0.25, -0.2) is 0 Å². The molecule has 0 saturated heterocycles. The number of nitrogens with zero attached hydrogens (tertiary/aromatic N) is 1. The molecule has 96 valence electrons. The van der Waals surface area contributed by atoms with E-state index in [1.54, 1.807) is 12.1 Å². The van der Waals surface area contributed by atoms with Gasteiger partial charge in [0.1, 0.15) is 0 Å². The van der Waals surface area contributed by atoms with Crippen molar-refractivity contribution in [1.82, 2.24) is 0 Å². The largest absolute Gasteiger partial charge is 0.328 e. The fourth-order valence-corrected chi connectivity index (χ4v) is 1.21. The number of nitro groups is 1. The Morgan fingerprint density at radius 2 is 2.00 bits per heavy atom. The maximum absolute atomic E-state index is 10.4. The fraction of sp³-hybridized carbons (Fsp3) is 0.538. The Hall–Kier alpha value is -1.42. The molecule has 1 aromatic rings. The topological polar surface area (TPSA) is 69.2 Å². The molecule has 0 aliphatic rings. The lowest BCUT2D eigenvalue weighted by Crippen LogP contribution is -2.06. The van der Waals surface area contributed by atoms with Gasteiger partial charge in [0.25, 0.3) is 5.69 Å². The predicted octanol–water partition coefficient (Wildman–Crippen LogP) is 3.29. The van der Waals surface area contributed by atoms with E-state index in [1.165, 1.54) is 6.07 Å². The van der Waals surface area contributed by atoms with E-state index in [1.807, 2.05) is 19.9 Å². The summed E-state index contributed by atoms with van der Waals surface area (Å²) >= 11 is 0. The van der Waals surface area contributed by atoms with Crippen molar-refractivity contribution < 1.29 is 4.92 Å². The van der Waals surface area contributed by atoms with Crippen LogP contribution in [0.4, 0.5) is 5.69 Å². The van der Waals surface area contributed by atoms with E-state index in [0.29, 0.717) is 6.04 Å². The summed E-state index contributed by atoms with van der Waals surface area (Å²) in [6.45, 7) is 6.00. The molecule has 0 fully saturated rings. The molecule has 1 aromatic carbocycles. The Morgan fingerprint density at radius 3 is 2.47 bits per heavy atom. The van der Waals surface area contributed by atoms with Gasteiger partial charge in [0, 0.05) is 12.1 Å². The first kappa shape index (κ1) is 15.6. The average Bonchev–Trinajstić information content (AvgIpc) is 2.26. The minimum atomic E-state index is -0.352. The number of hydrogen-bond acceptors (Lipinski definition) is 3. The second kappa shape index (κ2) is 8.70. The third-order valence-corrected chi connectivity index (χ3v) is 1.94. The number of nitro benzene ring substituents is 1. The number of hydrogen-bond donors (Lipinski definition) is 1. The Bertz CT molecular complexity index is 335. The molecule has 17 heavy (non-hydrogen) atoms. The van der Waals surface area contributed by atoms with Crippen LogP contribution < -0.4 is 5.73 Å². The van der Waals surface area contributed by atoms with Crippen LogP contribution in [0, 0.1) is 10.1 Å². The zero-order valence-corrected chi connectivity index (χ0v) is 10.8. The molecule has 0 aliphatic heterocycles. The Morgan fingerprint density at radius 1 is 1.41 bits per heavy atom. The van der Waals surface area contributed by atoms with E-state index in [0.717, 1.165) is 24.8 Å². The summed E-state index contributed by atoms with van der Waals surface area (Å²) in [7, 11) is 0. The third kappa shape index (κ3) is 8.39. The van der Waals surface area contributed by atoms with Gasteiger partial charge in [0.2, 0.25) is 0 Å². The molecular formula is C13H22N2O2. The zero-order chi connectivity index (χ0) is 13.3. The molecule has 0 heterocycles. The highest BCUT2D eigenvalue weighted by Crippen LogP contribution is 2.14. The number of aryl methyl sites for hydroxylation is 1. The smallest absolute Gasteiger partial charge is 0.269 e. The molecule has 4 heteroatoms. The van der Waals surface area contributed by atoms with E-state index >= 15 is 0 Å². The number of unbranched alkanes of at least 4 members (excludes halogenated alkanes) is 1. The molecule has 0 atom stereocenters. The van der Waals surface area contributed by atoms with Crippen LogP contribution in [-0.2, 0) is 6.42 Å². The average molecular weight is 238 g/mol. The lowest BCUT2D eigenvalue weighted by atomic mass is 10.1. The minimum absolute atomic E-state index is 0.189. The van der Waals surface area contributed by atoms with Gasteiger partial charge in [0.05, 0.1) is 4.92 Å². The summed E-state index contributed by atoms with van der Waals surface area (Å²) in [6.07, 6.45) is 3.13. The highest BCUT2D eigenvalue weighted by atomic mass is 16.6. The maximum atomic E-state index is 10.4. The minimum Gasteiger partial charge on any atom is -0.328 e. The highest BCUT2D eigenvalue weighted by molar-refractivity contribution is 5.34. The van der Waals surface area contributed by atoms with Gasteiger partial charge < -0.3 is 5.73 Å². The van der Waals surface area contributed by atoms with Crippen molar-refractivity contribution in [3.63, 3.8) is 0 Å². The highest BCUT2D eigenvalue weighted by Gasteiger charge is 2.04. The normalized spacial score (nSPS) is 9.71. The number of nitrogens with two attached hydrogens (primary N) is 1. The SMILES string of the molecule is CC(C)N.CCCCc1cccc([N+](=O)[O-])c1. The third-order valence-electron chi connectivity index (χ3n) is 1.94. The molecule has 0 aromatic heterocycles. The van der Waals surface area contributed by atoms with Gasteiger partial charge in [-0.05, 0) is 24.4 Å². The predicted molar refractivity (Wildman–Crippen MR) is 71.0 cm³/mol. The molecule has 0 unspecified atom stereocenters. The van der Waals surface area contributed by atoms with Crippen LogP contribution in [0.15, 0.2) is 24.3 Å². The molecule has 0 aliphatic carbocycles. The fourth-order valence-electron chi connectivity index (χ4n) is 1.21. The lowest BCUT2D eigenvalue weighted by Gasteiger charge is -1.98. The molecule has 0 amide bonds. The maximum Gasteiger partial charge on any atom is 0.269 e. The zero-order valence-electron chi connectivity index (χ0n) is 10.8. The van der Waals surface area contributed by atoms with Crippen molar-refractivity contribution in [3.8, 4) is 0 Å². The Kier molecular flexibility index (Phi) is 7.97. The standard InChI is InChI=1S/C10H13NO2.C3H9N/c1-2-3-5-9-6-4-7-10(8-9)11(12)13;1-3(2)4/h4,6-8H,2-3,5H2,1H3;3H,4H2,1-2H3. The van der Waals surface area contributed by atoms with Crippen molar-refractivity contribution in [1.29, 1.82) is 0 Å². The molecule has 0 radical (unpaired) electrons. The van der Waals surface area contributed by atoms with Gasteiger partial charge in [-0.1, -0.05) is 39.3 Å². The Labute approximate surface area is 103 Å². The van der Waals surface area contributed by atoms with Crippen LogP contribution in [0.5, 0.6) is 0 Å². The van der Waals surface area contributed by atoms with Crippen molar-refractivity contribution in [2.45, 2.75) is 46.1 Å². The van der Waals surface area contributed by atoms with Gasteiger partial charge in [-0.2, -0.15) is 0 Å². The summed E-state index contributed by atoms with van der Waals surface area (Å²) in [5.41, 5.74) is 6.35. The molecule has 4 nitrogen and oxygen atoms in total. The first-order chi connectivity index (χ1) is 7.97. The summed E-state index contributed by atoms with van der Waals surface area (Å²) < 4.78 is 0. The van der Waals surface area contributed by atoms with Crippen LogP contribution in [0.1, 0.15) is 39.2 Å². The van der Waals surface area contributed by atoms with E-state index in [4.69, 9.17) is 5.73 Å². The van der Waals surface area contributed by atoms with Crippen molar-refractivity contribution in [2.24, 2.45) is 5.73 Å². The van der Waals surface area contributed by atoms with E-state index in [2.05, 4.69) is 6.92 Å². The molecule has 0 spiro atoms. The molecular weight excluding hydrogens is 216 g/mol. The second-order valence-electron chi connectivity index (χ2n) is 4.27. The summed E-state index contributed by atoms with van der Waals surface area (Å²) in [6, 6.07) is 7.18. The quantitative estimate of drug-likeness (QED) is 0.646. The van der Waals surface area contributed by atoms with Crippen molar-refractivity contribution >= 4 is 5.69 Å². The lowest BCUT2D eigenvalue weighted by molar-refractivity contribution is -0.384. The van der Waals surface area contributed by atoms with Crippen LogP contribution >= 0.6 is 0 Å². The first-order valence-corrected chi connectivity index (χ1v) is 5.96. The number of rotatable bonds is 4. The number of non-ortho nitro benzene ring substituents is 1. The molecule has 0 saturated carbocycles. The molecule has 2 N–H and O–H groups in total.